The van der Waals surface area contributed by atoms with Gasteiger partial charge in [0, 0.05) is 42.9 Å². The predicted octanol–water partition coefficient (Wildman–Crippen LogP) is 6.70. The summed E-state index contributed by atoms with van der Waals surface area (Å²) < 4.78 is 16.1. The fourth-order valence-corrected chi connectivity index (χ4v) is 6.53. The second-order valence-corrected chi connectivity index (χ2v) is 11.3. The van der Waals surface area contributed by atoms with E-state index in [1.165, 1.54) is 37.8 Å². The van der Waals surface area contributed by atoms with Crippen LogP contribution in [0.4, 0.5) is 10.1 Å². The number of para-hydroxylation sites is 2. The Morgan fingerprint density at radius 2 is 1.73 bits per heavy atom. The molecule has 0 bridgehead atoms. The number of nitrogens with one attached hydrogen (secondary N) is 1. The molecular formula is C33H35FN6. The lowest BCUT2D eigenvalue weighted by Gasteiger charge is -2.34. The first-order valence-corrected chi connectivity index (χ1v) is 14.7. The first-order chi connectivity index (χ1) is 19.7. The minimum Gasteiger partial charge on any atom is -0.356 e. The second-order valence-electron chi connectivity index (χ2n) is 11.3. The summed E-state index contributed by atoms with van der Waals surface area (Å²) in [6.45, 7) is 2.24. The Morgan fingerprint density at radius 3 is 2.50 bits per heavy atom. The van der Waals surface area contributed by atoms with Gasteiger partial charge in [-0.25, -0.2) is 9.37 Å². The number of piperidine rings is 1. The molecule has 0 atom stereocenters. The Morgan fingerprint density at radius 1 is 0.925 bits per heavy atom. The van der Waals surface area contributed by atoms with E-state index >= 15 is 0 Å². The number of fused-ring (bicyclic) bond motifs is 2. The van der Waals surface area contributed by atoms with Gasteiger partial charge in [0.25, 0.3) is 0 Å². The van der Waals surface area contributed by atoms with Gasteiger partial charge in [-0.3, -0.25) is 9.98 Å². The number of rotatable bonds is 5. The van der Waals surface area contributed by atoms with E-state index in [2.05, 4.69) is 38.0 Å². The number of aromatic nitrogens is 2. The minimum absolute atomic E-state index is 0.249. The van der Waals surface area contributed by atoms with Gasteiger partial charge in [-0.1, -0.05) is 25.0 Å². The Balaban J connectivity index is 1.35. The molecule has 7 rings (SSSR count). The van der Waals surface area contributed by atoms with E-state index in [0.29, 0.717) is 0 Å². The summed E-state index contributed by atoms with van der Waals surface area (Å²) in [5.41, 5.74) is 6.61. The van der Waals surface area contributed by atoms with E-state index in [1.807, 2.05) is 42.7 Å². The Bertz CT molecular complexity index is 1600. The van der Waals surface area contributed by atoms with Crippen LogP contribution < -0.4 is 10.7 Å². The predicted molar refractivity (Wildman–Crippen MR) is 159 cm³/mol. The first kappa shape index (κ1) is 25.1. The van der Waals surface area contributed by atoms with Crippen LogP contribution in [0.3, 0.4) is 0 Å². The van der Waals surface area contributed by atoms with Gasteiger partial charge >= 0.3 is 0 Å². The Hall–Kier alpha value is -3.84. The van der Waals surface area contributed by atoms with Crippen LogP contribution in [0.5, 0.6) is 0 Å². The van der Waals surface area contributed by atoms with Crippen LogP contribution in [0.15, 0.2) is 82.5 Å². The van der Waals surface area contributed by atoms with Crippen molar-refractivity contribution in [1.29, 1.82) is 0 Å². The van der Waals surface area contributed by atoms with E-state index in [1.54, 1.807) is 0 Å². The van der Waals surface area contributed by atoms with Crippen molar-refractivity contribution in [3.8, 4) is 17.1 Å². The van der Waals surface area contributed by atoms with Crippen molar-refractivity contribution in [2.75, 3.05) is 18.4 Å². The van der Waals surface area contributed by atoms with Crippen molar-refractivity contribution in [3.63, 3.8) is 0 Å². The van der Waals surface area contributed by atoms with Crippen LogP contribution in [-0.4, -0.2) is 45.8 Å². The summed E-state index contributed by atoms with van der Waals surface area (Å²) >= 11 is 0. The number of nitrogens with zero attached hydrogens (tertiary/aromatic N) is 5. The highest BCUT2D eigenvalue weighted by Gasteiger charge is 2.27. The van der Waals surface area contributed by atoms with Crippen molar-refractivity contribution in [3.05, 3.63) is 83.7 Å². The summed E-state index contributed by atoms with van der Waals surface area (Å²) in [5, 5.41) is 4.58. The number of benzene rings is 3. The third-order valence-electron chi connectivity index (χ3n) is 8.62. The highest BCUT2D eigenvalue weighted by atomic mass is 19.1. The molecule has 5 aliphatic rings. The van der Waals surface area contributed by atoms with Crippen molar-refractivity contribution in [1.82, 2.24) is 14.5 Å². The molecule has 0 spiro atoms. The van der Waals surface area contributed by atoms with Gasteiger partial charge < -0.3 is 14.8 Å². The molecule has 1 N–H and O–H groups in total. The maximum atomic E-state index is 13.9. The maximum absolute atomic E-state index is 13.9. The molecule has 2 aromatic rings. The molecule has 3 aliphatic heterocycles. The molecule has 0 unspecified atom stereocenters. The normalized spacial score (nSPS) is 19.5. The highest BCUT2D eigenvalue weighted by Crippen LogP contribution is 2.31. The Kier molecular flexibility index (Phi) is 6.90. The molecule has 1 saturated carbocycles. The number of aliphatic imine (C=N–C) groups is 1. The summed E-state index contributed by atoms with van der Waals surface area (Å²) in [6, 6.07) is 20.1. The number of hydrogen-bond donors (Lipinski definition) is 1. The van der Waals surface area contributed by atoms with Crippen molar-refractivity contribution < 1.29 is 4.39 Å². The molecule has 0 radical (unpaired) electrons. The summed E-state index contributed by atoms with van der Waals surface area (Å²) in [6.07, 6.45) is 13.3. The highest BCUT2D eigenvalue weighted by molar-refractivity contribution is 5.84. The number of allylic oxidation sites excluding steroid dienone is 1. The standard InChI is InChI=1S/C33H35FN6/c34-23-11-13-27(14-12-23)40-32-10-4-3-9-28(32)38-31-20-29(37-25-6-5-17-35-22-25)30(21-33(31)40)36-24-15-18-39(19-16-24)26-7-1-2-8-26/h3-4,9-14,17,20-22,24,26,37H,1-2,5-8,15-16,18-19H2/b36-30+. The van der Waals surface area contributed by atoms with Crippen LogP contribution in [0.1, 0.15) is 51.4 Å². The molecule has 0 aromatic heterocycles. The maximum Gasteiger partial charge on any atom is 0.123 e. The lowest BCUT2D eigenvalue weighted by Crippen LogP contribution is -2.41. The molecular weight excluding hydrogens is 499 g/mol. The quantitative estimate of drug-likeness (QED) is 0.290. The lowest BCUT2D eigenvalue weighted by molar-refractivity contribution is 0.154. The summed E-state index contributed by atoms with van der Waals surface area (Å²) in [7, 11) is 0. The summed E-state index contributed by atoms with van der Waals surface area (Å²) in [4.78, 5) is 17.5. The SMILES string of the molecule is Fc1ccc(-n2c3c/c(=N\C4CCN(C5CCCC5)CC4)c(NC4=CN=CCC4)cc-3nc3ccccc32)cc1. The number of halogens is 1. The fourth-order valence-electron chi connectivity index (χ4n) is 6.53. The van der Waals surface area contributed by atoms with Gasteiger partial charge in [0.05, 0.1) is 39.5 Å². The van der Waals surface area contributed by atoms with Crippen molar-refractivity contribution >= 4 is 22.9 Å². The smallest absolute Gasteiger partial charge is 0.123 e. The van der Waals surface area contributed by atoms with Crippen LogP contribution in [0.2, 0.25) is 0 Å². The van der Waals surface area contributed by atoms with Crippen LogP contribution in [0, 0.1) is 5.82 Å². The van der Waals surface area contributed by atoms with Crippen molar-refractivity contribution in [2.24, 2.45) is 9.98 Å². The molecule has 7 heteroatoms. The first-order valence-electron chi connectivity index (χ1n) is 14.7. The zero-order valence-electron chi connectivity index (χ0n) is 22.8. The second kappa shape index (κ2) is 11.0. The number of hydrogen-bond acceptors (Lipinski definition) is 5. The third kappa shape index (κ3) is 5.06. The van der Waals surface area contributed by atoms with Gasteiger partial charge in [0.1, 0.15) is 5.82 Å². The Labute approximate surface area is 234 Å². The monoisotopic (exact) mass is 534 g/mol. The van der Waals surface area contributed by atoms with Crippen LogP contribution in [-0.2, 0) is 0 Å². The van der Waals surface area contributed by atoms with Gasteiger partial charge in [0.2, 0.25) is 0 Å². The molecule has 6 nitrogen and oxygen atoms in total. The molecule has 2 aliphatic carbocycles. The average Bonchev–Trinajstić information content (AvgIpc) is 3.53. The van der Waals surface area contributed by atoms with E-state index in [-0.39, 0.29) is 11.9 Å². The van der Waals surface area contributed by atoms with E-state index in [4.69, 9.17) is 9.98 Å². The van der Waals surface area contributed by atoms with Gasteiger partial charge in [0.15, 0.2) is 0 Å². The van der Waals surface area contributed by atoms with Gasteiger partial charge in [-0.05, 0) is 87.1 Å². The number of anilines is 1. The summed E-state index contributed by atoms with van der Waals surface area (Å²) in [5.74, 6) is -0.249. The molecule has 40 heavy (non-hydrogen) atoms. The third-order valence-corrected chi connectivity index (χ3v) is 8.62. The van der Waals surface area contributed by atoms with Crippen LogP contribution >= 0.6 is 0 Å². The van der Waals surface area contributed by atoms with Gasteiger partial charge in [-0.2, -0.15) is 0 Å². The largest absolute Gasteiger partial charge is 0.356 e. The van der Waals surface area contributed by atoms with Gasteiger partial charge in [-0.15, -0.1) is 0 Å². The zero-order valence-corrected chi connectivity index (χ0v) is 22.8. The molecule has 1 saturated heterocycles. The fraction of sp³-hybridized carbons (Fsp3) is 0.364. The van der Waals surface area contributed by atoms with E-state index < -0.39 is 0 Å². The molecule has 2 fully saturated rings. The minimum atomic E-state index is -0.249. The van der Waals surface area contributed by atoms with Crippen molar-refractivity contribution in [2.45, 2.75) is 63.5 Å². The molecule has 0 amide bonds. The lowest BCUT2D eigenvalue weighted by atomic mass is 10.0. The van der Waals surface area contributed by atoms with E-state index in [0.717, 1.165) is 89.7 Å². The topological polar surface area (TPSA) is 57.8 Å². The van der Waals surface area contributed by atoms with E-state index in [9.17, 15) is 4.39 Å². The zero-order chi connectivity index (χ0) is 26.9. The molecule has 3 heterocycles. The average molecular weight is 535 g/mol. The van der Waals surface area contributed by atoms with Crippen LogP contribution in [0.25, 0.3) is 28.1 Å². The number of likely N-dealkylation sites (tertiary alicyclic amines) is 1. The molecule has 2 aromatic carbocycles. The molecule has 204 valence electrons.